The molecule has 180 valence electrons. The number of nitrogens with one attached hydrogen (secondary N) is 1. The molecule has 1 atom stereocenters. The van der Waals surface area contributed by atoms with Gasteiger partial charge in [-0.2, -0.15) is 0 Å². The van der Waals surface area contributed by atoms with Crippen LogP contribution in [0.3, 0.4) is 0 Å². The molecular weight excluding hydrogens is 452 g/mol. The summed E-state index contributed by atoms with van der Waals surface area (Å²) in [5.41, 5.74) is 2.59. The molecular formula is C26H30N2O5S. The van der Waals surface area contributed by atoms with Crippen molar-refractivity contribution in [1.82, 2.24) is 10.3 Å². The van der Waals surface area contributed by atoms with E-state index < -0.39 is 0 Å². The topological polar surface area (TPSA) is 78.9 Å². The third kappa shape index (κ3) is 5.87. The van der Waals surface area contributed by atoms with Crippen molar-refractivity contribution in [3.63, 3.8) is 0 Å². The number of thiazole rings is 1. The van der Waals surface area contributed by atoms with Gasteiger partial charge >= 0.3 is 0 Å². The largest absolute Gasteiger partial charge is 0.494 e. The molecule has 1 amide bonds. The first kappa shape index (κ1) is 24.0. The van der Waals surface area contributed by atoms with Crippen LogP contribution in [0, 0.1) is 6.92 Å². The fourth-order valence-electron chi connectivity index (χ4n) is 3.75. The van der Waals surface area contributed by atoms with Crippen LogP contribution < -0.4 is 19.5 Å². The van der Waals surface area contributed by atoms with E-state index in [4.69, 9.17) is 18.9 Å². The standard InChI is InChI=1S/C26H30N2O5S/c1-4-31-20-10-8-19(9-11-20)26-28-17(2)24(34-26)25(29)27-15-18-7-12-22(23(14-18)30-3)33-16-21-6-5-13-32-21/h7-12,14,21H,4-6,13,15-16H2,1-3H3,(H,27,29). The van der Waals surface area contributed by atoms with E-state index in [2.05, 4.69) is 10.3 Å². The zero-order chi connectivity index (χ0) is 23.9. The van der Waals surface area contributed by atoms with E-state index in [1.165, 1.54) is 11.3 Å². The fourth-order valence-corrected chi connectivity index (χ4v) is 4.74. The Hall–Kier alpha value is -3.10. The molecule has 1 unspecified atom stereocenters. The molecule has 2 heterocycles. The lowest BCUT2D eigenvalue weighted by Crippen LogP contribution is -2.22. The maximum Gasteiger partial charge on any atom is 0.263 e. The number of benzene rings is 2. The van der Waals surface area contributed by atoms with Gasteiger partial charge in [0, 0.05) is 18.7 Å². The van der Waals surface area contributed by atoms with Gasteiger partial charge in [0.05, 0.1) is 25.5 Å². The molecule has 1 saturated heterocycles. The quantitative estimate of drug-likeness (QED) is 0.437. The smallest absolute Gasteiger partial charge is 0.263 e. The van der Waals surface area contributed by atoms with Crippen LogP contribution in [0.1, 0.15) is 40.7 Å². The highest BCUT2D eigenvalue weighted by molar-refractivity contribution is 7.17. The summed E-state index contributed by atoms with van der Waals surface area (Å²) in [7, 11) is 1.61. The van der Waals surface area contributed by atoms with Crippen molar-refractivity contribution in [2.24, 2.45) is 0 Å². The second kappa shape index (κ2) is 11.4. The monoisotopic (exact) mass is 482 g/mol. The molecule has 1 aliphatic heterocycles. The van der Waals surface area contributed by atoms with Crippen LogP contribution in [0.25, 0.3) is 10.6 Å². The second-order valence-corrected chi connectivity index (χ2v) is 9.00. The molecule has 1 aliphatic rings. The number of methoxy groups -OCH3 is 1. The van der Waals surface area contributed by atoms with Gasteiger partial charge in [-0.3, -0.25) is 4.79 Å². The Bertz CT molecular complexity index is 1110. The lowest BCUT2D eigenvalue weighted by Gasteiger charge is -2.15. The highest BCUT2D eigenvalue weighted by Crippen LogP contribution is 2.31. The van der Waals surface area contributed by atoms with Crippen LogP contribution in [0.2, 0.25) is 0 Å². The highest BCUT2D eigenvalue weighted by Gasteiger charge is 2.18. The Kier molecular flexibility index (Phi) is 8.03. The molecule has 3 aromatic rings. The van der Waals surface area contributed by atoms with Crippen LogP contribution in [-0.4, -0.2) is 43.9 Å². The van der Waals surface area contributed by atoms with E-state index in [1.807, 2.05) is 56.3 Å². The van der Waals surface area contributed by atoms with Gasteiger partial charge in [0.2, 0.25) is 0 Å². The fraction of sp³-hybridized carbons (Fsp3) is 0.385. The molecule has 0 aliphatic carbocycles. The molecule has 34 heavy (non-hydrogen) atoms. The lowest BCUT2D eigenvalue weighted by molar-refractivity contribution is 0.0669. The summed E-state index contributed by atoms with van der Waals surface area (Å²) >= 11 is 1.38. The van der Waals surface area contributed by atoms with Crippen molar-refractivity contribution in [1.29, 1.82) is 0 Å². The third-order valence-corrected chi connectivity index (χ3v) is 6.75. The van der Waals surface area contributed by atoms with Gasteiger partial charge in [0.15, 0.2) is 11.5 Å². The lowest BCUT2D eigenvalue weighted by atomic mass is 10.2. The van der Waals surface area contributed by atoms with Crippen molar-refractivity contribution in [2.75, 3.05) is 26.9 Å². The van der Waals surface area contributed by atoms with Crippen LogP contribution >= 0.6 is 11.3 Å². The summed E-state index contributed by atoms with van der Waals surface area (Å²) in [6, 6.07) is 13.4. The van der Waals surface area contributed by atoms with Gasteiger partial charge in [0.25, 0.3) is 5.91 Å². The Morgan fingerprint density at radius 2 is 2.00 bits per heavy atom. The first-order valence-electron chi connectivity index (χ1n) is 11.5. The number of hydrogen-bond donors (Lipinski definition) is 1. The predicted molar refractivity (Wildman–Crippen MR) is 132 cm³/mol. The number of hydrogen-bond acceptors (Lipinski definition) is 7. The van der Waals surface area contributed by atoms with E-state index in [0.29, 0.717) is 41.8 Å². The Morgan fingerprint density at radius 1 is 1.18 bits per heavy atom. The molecule has 4 rings (SSSR count). The number of amides is 1. The van der Waals surface area contributed by atoms with Crippen LogP contribution in [0.5, 0.6) is 17.2 Å². The van der Waals surface area contributed by atoms with E-state index in [0.717, 1.165) is 41.3 Å². The molecule has 7 nitrogen and oxygen atoms in total. The maximum absolute atomic E-state index is 12.9. The van der Waals surface area contributed by atoms with Crippen molar-refractivity contribution in [3.8, 4) is 27.8 Å². The van der Waals surface area contributed by atoms with Crippen molar-refractivity contribution in [3.05, 3.63) is 58.6 Å². The molecule has 0 bridgehead atoms. The summed E-state index contributed by atoms with van der Waals surface area (Å²) in [6.45, 7) is 6.10. The first-order valence-corrected chi connectivity index (χ1v) is 12.3. The normalized spacial score (nSPS) is 15.2. The van der Waals surface area contributed by atoms with Crippen LogP contribution in [-0.2, 0) is 11.3 Å². The molecule has 0 saturated carbocycles. The van der Waals surface area contributed by atoms with E-state index >= 15 is 0 Å². The van der Waals surface area contributed by atoms with Crippen LogP contribution in [0.15, 0.2) is 42.5 Å². The summed E-state index contributed by atoms with van der Waals surface area (Å²) < 4.78 is 22.5. The molecule has 2 aromatic carbocycles. The van der Waals surface area contributed by atoms with Gasteiger partial charge in [0.1, 0.15) is 22.2 Å². The summed E-state index contributed by atoms with van der Waals surface area (Å²) in [5, 5.41) is 3.80. The maximum atomic E-state index is 12.9. The summed E-state index contributed by atoms with van der Waals surface area (Å²) in [4.78, 5) is 18.1. The molecule has 0 radical (unpaired) electrons. The number of nitrogens with zero attached hydrogens (tertiary/aromatic N) is 1. The minimum atomic E-state index is -0.148. The zero-order valence-electron chi connectivity index (χ0n) is 19.8. The van der Waals surface area contributed by atoms with Gasteiger partial charge in [-0.1, -0.05) is 6.07 Å². The Balaban J connectivity index is 1.37. The average Bonchev–Trinajstić information content (AvgIpc) is 3.52. The highest BCUT2D eigenvalue weighted by atomic mass is 32.1. The number of aryl methyl sites for hydroxylation is 1. The molecule has 1 N–H and O–H groups in total. The number of aromatic nitrogens is 1. The summed E-state index contributed by atoms with van der Waals surface area (Å²) in [5.74, 6) is 1.98. The molecule has 1 aromatic heterocycles. The summed E-state index contributed by atoms with van der Waals surface area (Å²) in [6.07, 6.45) is 2.23. The van der Waals surface area contributed by atoms with Crippen molar-refractivity contribution < 1.29 is 23.7 Å². The van der Waals surface area contributed by atoms with Crippen molar-refractivity contribution in [2.45, 2.75) is 39.3 Å². The van der Waals surface area contributed by atoms with Gasteiger partial charge in [-0.05, 0) is 68.7 Å². The first-order chi connectivity index (χ1) is 16.6. The predicted octanol–water partition coefficient (Wildman–Crippen LogP) is 5.01. The number of rotatable bonds is 10. The van der Waals surface area contributed by atoms with E-state index in [-0.39, 0.29) is 12.0 Å². The van der Waals surface area contributed by atoms with Crippen molar-refractivity contribution >= 4 is 17.2 Å². The van der Waals surface area contributed by atoms with Gasteiger partial charge in [-0.15, -0.1) is 11.3 Å². The third-order valence-electron chi connectivity index (χ3n) is 5.54. The number of carbonyl (C=O) groups is 1. The molecule has 0 spiro atoms. The minimum Gasteiger partial charge on any atom is -0.494 e. The van der Waals surface area contributed by atoms with Gasteiger partial charge < -0.3 is 24.3 Å². The van der Waals surface area contributed by atoms with Crippen LogP contribution in [0.4, 0.5) is 0 Å². The van der Waals surface area contributed by atoms with E-state index in [9.17, 15) is 4.79 Å². The Morgan fingerprint density at radius 3 is 2.71 bits per heavy atom. The minimum absolute atomic E-state index is 0.138. The average molecular weight is 483 g/mol. The van der Waals surface area contributed by atoms with Gasteiger partial charge in [-0.25, -0.2) is 4.98 Å². The SMILES string of the molecule is CCOc1ccc(-c2nc(C)c(C(=O)NCc3ccc(OCC4CCCO4)c(OC)c3)s2)cc1. The second-order valence-electron chi connectivity index (χ2n) is 8.00. The molecule has 1 fully saturated rings. The van der Waals surface area contributed by atoms with E-state index in [1.54, 1.807) is 7.11 Å². The number of ether oxygens (including phenoxy) is 4. The zero-order valence-corrected chi connectivity index (χ0v) is 20.6. The molecule has 8 heteroatoms. The number of carbonyl (C=O) groups excluding carboxylic acids is 1. The Labute approximate surface area is 204 Å².